The van der Waals surface area contributed by atoms with Crippen LogP contribution in [-0.4, -0.2) is 5.78 Å². The van der Waals surface area contributed by atoms with E-state index in [2.05, 4.69) is 15.9 Å². The molecule has 0 aliphatic heterocycles. The SMILES string of the molecule is Cc1ccc(CC(=O)c2cc(F)cc(Br)c2)cc1. The summed E-state index contributed by atoms with van der Waals surface area (Å²) in [5.74, 6) is -0.490. The molecule has 1 nitrogen and oxygen atoms in total. The minimum Gasteiger partial charge on any atom is -0.294 e. The number of ketones is 1. The van der Waals surface area contributed by atoms with Gasteiger partial charge in [-0.1, -0.05) is 45.8 Å². The number of benzene rings is 2. The number of Topliss-reactive ketones (excluding diaryl/α,β-unsaturated/α-hetero) is 1. The van der Waals surface area contributed by atoms with Crippen LogP contribution in [0.3, 0.4) is 0 Å². The molecular weight excluding hydrogens is 295 g/mol. The number of hydrogen-bond donors (Lipinski definition) is 0. The first-order chi connectivity index (χ1) is 8.54. The second kappa shape index (κ2) is 5.44. The Labute approximate surface area is 114 Å². The highest BCUT2D eigenvalue weighted by molar-refractivity contribution is 9.10. The van der Waals surface area contributed by atoms with Gasteiger partial charge < -0.3 is 0 Å². The molecule has 0 heterocycles. The molecule has 0 spiro atoms. The third-order valence-corrected chi connectivity index (χ3v) is 3.13. The molecule has 2 aromatic carbocycles. The first kappa shape index (κ1) is 13.0. The minimum atomic E-state index is -0.406. The summed E-state index contributed by atoms with van der Waals surface area (Å²) in [6.45, 7) is 2.00. The Kier molecular flexibility index (Phi) is 3.92. The van der Waals surface area contributed by atoms with E-state index in [0.29, 0.717) is 10.0 Å². The van der Waals surface area contributed by atoms with Crippen LogP contribution in [0.4, 0.5) is 4.39 Å². The lowest BCUT2D eigenvalue weighted by atomic mass is 10.0. The Morgan fingerprint density at radius 3 is 2.44 bits per heavy atom. The molecule has 0 atom stereocenters. The molecule has 0 unspecified atom stereocenters. The molecule has 0 amide bonds. The topological polar surface area (TPSA) is 17.1 Å². The maximum absolute atomic E-state index is 13.2. The van der Waals surface area contributed by atoms with E-state index < -0.39 is 5.82 Å². The average molecular weight is 307 g/mol. The van der Waals surface area contributed by atoms with Crippen LogP contribution in [0.25, 0.3) is 0 Å². The highest BCUT2D eigenvalue weighted by atomic mass is 79.9. The van der Waals surface area contributed by atoms with Crippen molar-refractivity contribution in [2.75, 3.05) is 0 Å². The zero-order chi connectivity index (χ0) is 13.1. The van der Waals surface area contributed by atoms with E-state index in [1.807, 2.05) is 31.2 Å². The van der Waals surface area contributed by atoms with Gasteiger partial charge in [0.15, 0.2) is 5.78 Å². The maximum Gasteiger partial charge on any atom is 0.167 e. The van der Waals surface area contributed by atoms with Crippen molar-refractivity contribution < 1.29 is 9.18 Å². The van der Waals surface area contributed by atoms with E-state index in [-0.39, 0.29) is 12.2 Å². The third kappa shape index (κ3) is 3.26. The van der Waals surface area contributed by atoms with Crippen molar-refractivity contribution in [3.05, 3.63) is 69.4 Å². The Morgan fingerprint density at radius 2 is 1.83 bits per heavy atom. The lowest BCUT2D eigenvalue weighted by molar-refractivity contribution is 0.0992. The summed E-state index contributed by atoms with van der Waals surface area (Å²) in [5, 5.41) is 0. The Balaban J connectivity index is 2.19. The predicted molar refractivity (Wildman–Crippen MR) is 73.3 cm³/mol. The molecule has 0 aliphatic rings. The highest BCUT2D eigenvalue weighted by Crippen LogP contribution is 2.17. The summed E-state index contributed by atoms with van der Waals surface area (Å²) in [4.78, 5) is 12.0. The number of carbonyl (C=O) groups excluding carboxylic acids is 1. The molecule has 0 saturated heterocycles. The van der Waals surface area contributed by atoms with Gasteiger partial charge in [0.1, 0.15) is 5.82 Å². The van der Waals surface area contributed by atoms with Crippen molar-refractivity contribution in [3.63, 3.8) is 0 Å². The van der Waals surface area contributed by atoms with E-state index >= 15 is 0 Å². The van der Waals surface area contributed by atoms with E-state index in [9.17, 15) is 9.18 Å². The fourth-order valence-corrected chi connectivity index (χ4v) is 2.17. The van der Waals surface area contributed by atoms with Gasteiger partial charge in [-0.15, -0.1) is 0 Å². The van der Waals surface area contributed by atoms with Crippen molar-refractivity contribution in [1.29, 1.82) is 0 Å². The fraction of sp³-hybridized carbons (Fsp3) is 0.133. The molecule has 0 N–H and O–H groups in total. The van der Waals surface area contributed by atoms with Gasteiger partial charge in [-0.05, 0) is 30.7 Å². The summed E-state index contributed by atoms with van der Waals surface area (Å²) < 4.78 is 13.8. The van der Waals surface area contributed by atoms with Crippen LogP contribution in [0, 0.1) is 12.7 Å². The molecule has 92 valence electrons. The molecule has 2 rings (SSSR count). The lowest BCUT2D eigenvalue weighted by Crippen LogP contribution is -2.04. The summed E-state index contributed by atoms with van der Waals surface area (Å²) in [6.07, 6.45) is 0.288. The molecule has 0 bridgehead atoms. The largest absolute Gasteiger partial charge is 0.294 e. The molecule has 3 heteroatoms. The lowest BCUT2D eigenvalue weighted by Gasteiger charge is -2.03. The Bertz CT molecular complexity index is 555. The van der Waals surface area contributed by atoms with Gasteiger partial charge in [0, 0.05) is 16.5 Å². The van der Waals surface area contributed by atoms with Crippen molar-refractivity contribution in [2.45, 2.75) is 13.3 Å². The standard InChI is InChI=1S/C15H12BrFO/c1-10-2-4-11(5-3-10)6-15(18)12-7-13(16)9-14(17)8-12/h2-5,7-9H,6H2,1H3. The molecule has 0 aromatic heterocycles. The second-order valence-corrected chi connectivity index (χ2v) is 5.16. The molecule has 2 aromatic rings. The van der Waals surface area contributed by atoms with Gasteiger partial charge in [-0.3, -0.25) is 4.79 Å². The summed E-state index contributed by atoms with van der Waals surface area (Å²) >= 11 is 3.18. The number of rotatable bonds is 3. The summed E-state index contributed by atoms with van der Waals surface area (Å²) in [6, 6.07) is 12.0. The number of aryl methyl sites for hydroxylation is 1. The van der Waals surface area contributed by atoms with Crippen LogP contribution in [0.5, 0.6) is 0 Å². The summed E-state index contributed by atoms with van der Waals surface area (Å²) in [5.41, 5.74) is 2.48. The fourth-order valence-electron chi connectivity index (χ4n) is 1.71. The van der Waals surface area contributed by atoms with Crippen LogP contribution < -0.4 is 0 Å². The maximum atomic E-state index is 13.2. The first-order valence-electron chi connectivity index (χ1n) is 5.59. The zero-order valence-electron chi connectivity index (χ0n) is 9.91. The average Bonchev–Trinajstić information content (AvgIpc) is 2.31. The van der Waals surface area contributed by atoms with Gasteiger partial charge >= 0.3 is 0 Å². The Morgan fingerprint density at radius 1 is 1.17 bits per heavy atom. The molecular formula is C15H12BrFO. The van der Waals surface area contributed by atoms with Crippen LogP contribution >= 0.6 is 15.9 Å². The number of hydrogen-bond acceptors (Lipinski definition) is 1. The molecule has 0 saturated carbocycles. The predicted octanol–water partition coefficient (Wildman–Crippen LogP) is 4.32. The van der Waals surface area contributed by atoms with Crippen LogP contribution in [0.2, 0.25) is 0 Å². The summed E-state index contributed by atoms with van der Waals surface area (Å²) in [7, 11) is 0. The smallest absolute Gasteiger partial charge is 0.167 e. The van der Waals surface area contributed by atoms with E-state index in [1.54, 1.807) is 6.07 Å². The van der Waals surface area contributed by atoms with Crippen molar-refractivity contribution in [1.82, 2.24) is 0 Å². The third-order valence-electron chi connectivity index (χ3n) is 2.67. The van der Waals surface area contributed by atoms with Crippen molar-refractivity contribution in [3.8, 4) is 0 Å². The van der Waals surface area contributed by atoms with E-state index in [0.717, 1.165) is 11.1 Å². The van der Waals surface area contributed by atoms with Crippen molar-refractivity contribution >= 4 is 21.7 Å². The molecule has 0 fully saturated rings. The van der Waals surface area contributed by atoms with Crippen LogP contribution in [0.15, 0.2) is 46.9 Å². The normalized spacial score (nSPS) is 10.4. The molecule has 0 aliphatic carbocycles. The number of carbonyl (C=O) groups is 1. The van der Waals surface area contributed by atoms with Gasteiger partial charge in [-0.2, -0.15) is 0 Å². The van der Waals surface area contributed by atoms with Gasteiger partial charge in [-0.25, -0.2) is 4.39 Å². The van der Waals surface area contributed by atoms with E-state index in [1.165, 1.54) is 12.1 Å². The van der Waals surface area contributed by atoms with Crippen LogP contribution in [-0.2, 0) is 6.42 Å². The van der Waals surface area contributed by atoms with Crippen molar-refractivity contribution in [2.24, 2.45) is 0 Å². The number of halogens is 2. The first-order valence-corrected chi connectivity index (χ1v) is 6.39. The van der Waals surface area contributed by atoms with Crippen LogP contribution in [0.1, 0.15) is 21.5 Å². The second-order valence-electron chi connectivity index (χ2n) is 4.24. The van der Waals surface area contributed by atoms with Gasteiger partial charge in [0.25, 0.3) is 0 Å². The quantitative estimate of drug-likeness (QED) is 0.772. The molecule has 0 radical (unpaired) electrons. The molecule has 18 heavy (non-hydrogen) atoms. The van der Waals surface area contributed by atoms with E-state index in [4.69, 9.17) is 0 Å². The monoisotopic (exact) mass is 306 g/mol. The van der Waals surface area contributed by atoms with Gasteiger partial charge in [0.2, 0.25) is 0 Å². The van der Waals surface area contributed by atoms with Gasteiger partial charge in [0.05, 0.1) is 0 Å². The Hall–Kier alpha value is -1.48. The minimum absolute atomic E-state index is 0.0842. The zero-order valence-corrected chi connectivity index (χ0v) is 11.5. The highest BCUT2D eigenvalue weighted by Gasteiger charge is 2.09.